The number of thioether (sulfide) groups is 2. The molecule has 0 spiro atoms. The number of nitrogen functional groups attached to an aromatic ring is 1. The van der Waals surface area contributed by atoms with Gasteiger partial charge in [0, 0.05) is 15.5 Å². The molecule has 21 heavy (non-hydrogen) atoms. The number of halogens is 1. The van der Waals surface area contributed by atoms with Gasteiger partial charge in [-0.1, -0.05) is 23.7 Å². The maximum Gasteiger partial charge on any atom is 0.234 e. The first kappa shape index (κ1) is 16.1. The first-order valence-electron chi connectivity index (χ1n) is 6.21. The van der Waals surface area contributed by atoms with Crippen LogP contribution in [-0.4, -0.2) is 17.9 Å². The van der Waals surface area contributed by atoms with Crippen LogP contribution in [0.4, 0.5) is 11.4 Å². The van der Waals surface area contributed by atoms with Crippen molar-refractivity contribution >= 4 is 52.4 Å². The van der Waals surface area contributed by atoms with E-state index < -0.39 is 0 Å². The van der Waals surface area contributed by atoms with Crippen LogP contribution in [0.15, 0.2) is 52.3 Å². The third-order valence-corrected chi connectivity index (χ3v) is 4.99. The third-order valence-electron chi connectivity index (χ3n) is 2.70. The van der Waals surface area contributed by atoms with E-state index in [1.807, 2.05) is 30.5 Å². The highest BCUT2D eigenvalue weighted by atomic mass is 35.5. The molecule has 2 aromatic carbocycles. The van der Waals surface area contributed by atoms with E-state index in [1.54, 1.807) is 30.0 Å². The molecule has 0 heterocycles. The minimum absolute atomic E-state index is 0.0695. The summed E-state index contributed by atoms with van der Waals surface area (Å²) in [5.41, 5.74) is 7.18. The van der Waals surface area contributed by atoms with Crippen molar-refractivity contribution in [1.82, 2.24) is 0 Å². The molecule has 0 aromatic heterocycles. The Morgan fingerprint density at radius 2 is 2.00 bits per heavy atom. The molecule has 0 saturated carbocycles. The Morgan fingerprint density at radius 3 is 2.76 bits per heavy atom. The molecule has 0 atom stereocenters. The Balaban J connectivity index is 1.97. The molecule has 0 aliphatic carbocycles. The number of carbonyl (C=O) groups excluding carboxylic acids is 1. The minimum atomic E-state index is -0.0695. The standard InChI is InChI=1S/C15H15ClN2OS2/c1-20-13-5-3-2-4-12(13)18-15(19)9-21-14-8-10(17)6-7-11(14)16/h2-8H,9,17H2,1H3,(H,18,19). The Kier molecular flexibility index (Phi) is 5.85. The first-order valence-corrected chi connectivity index (χ1v) is 8.79. The average molecular weight is 339 g/mol. The molecule has 0 unspecified atom stereocenters. The Hall–Kier alpha value is -1.30. The lowest BCUT2D eigenvalue weighted by atomic mass is 10.3. The highest BCUT2D eigenvalue weighted by molar-refractivity contribution is 8.00. The molecule has 0 aliphatic heterocycles. The SMILES string of the molecule is CSc1ccccc1NC(=O)CSc1cc(N)ccc1Cl. The van der Waals surface area contributed by atoms with Crippen molar-refractivity contribution in [2.24, 2.45) is 0 Å². The van der Waals surface area contributed by atoms with Crippen LogP contribution in [0.5, 0.6) is 0 Å². The van der Waals surface area contributed by atoms with E-state index in [0.29, 0.717) is 10.7 Å². The van der Waals surface area contributed by atoms with Crippen LogP contribution in [0.1, 0.15) is 0 Å². The molecule has 6 heteroatoms. The van der Waals surface area contributed by atoms with Crippen molar-refractivity contribution in [3.8, 4) is 0 Å². The quantitative estimate of drug-likeness (QED) is 0.627. The van der Waals surface area contributed by atoms with Gasteiger partial charge in [0.1, 0.15) is 0 Å². The zero-order valence-corrected chi connectivity index (χ0v) is 13.8. The number of nitrogens with two attached hydrogens (primary N) is 1. The van der Waals surface area contributed by atoms with E-state index in [2.05, 4.69) is 5.32 Å². The molecular formula is C15H15ClN2OS2. The molecule has 0 bridgehead atoms. The van der Waals surface area contributed by atoms with E-state index in [1.165, 1.54) is 11.8 Å². The zero-order chi connectivity index (χ0) is 15.2. The average Bonchev–Trinajstić information content (AvgIpc) is 2.49. The molecule has 110 valence electrons. The van der Waals surface area contributed by atoms with Crippen molar-refractivity contribution in [1.29, 1.82) is 0 Å². The monoisotopic (exact) mass is 338 g/mol. The Morgan fingerprint density at radius 1 is 1.24 bits per heavy atom. The van der Waals surface area contributed by atoms with Gasteiger partial charge >= 0.3 is 0 Å². The van der Waals surface area contributed by atoms with Gasteiger partial charge in [-0.3, -0.25) is 4.79 Å². The molecule has 2 aromatic rings. The van der Waals surface area contributed by atoms with Gasteiger partial charge in [0.15, 0.2) is 0 Å². The van der Waals surface area contributed by atoms with E-state index >= 15 is 0 Å². The second-order valence-electron chi connectivity index (χ2n) is 4.23. The maximum atomic E-state index is 12.0. The molecular weight excluding hydrogens is 324 g/mol. The molecule has 3 N–H and O–H groups in total. The van der Waals surface area contributed by atoms with Gasteiger partial charge in [-0.2, -0.15) is 0 Å². The van der Waals surface area contributed by atoms with Gasteiger partial charge in [0.05, 0.1) is 16.5 Å². The number of hydrogen-bond acceptors (Lipinski definition) is 4. The van der Waals surface area contributed by atoms with Crippen molar-refractivity contribution in [2.75, 3.05) is 23.1 Å². The smallest absolute Gasteiger partial charge is 0.234 e. The van der Waals surface area contributed by atoms with E-state index in [-0.39, 0.29) is 11.7 Å². The predicted molar refractivity (Wildman–Crippen MR) is 93.4 cm³/mol. The van der Waals surface area contributed by atoms with E-state index in [0.717, 1.165) is 15.5 Å². The van der Waals surface area contributed by atoms with E-state index in [4.69, 9.17) is 17.3 Å². The molecule has 0 aliphatic rings. The fourth-order valence-electron chi connectivity index (χ4n) is 1.71. The van der Waals surface area contributed by atoms with Crippen molar-refractivity contribution in [3.63, 3.8) is 0 Å². The number of hydrogen-bond donors (Lipinski definition) is 2. The van der Waals surface area contributed by atoms with Crippen LogP contribution in [0.3, 0.4) is 0 Å². The highest BCUT2D eigenvalue weighted by Crippen LogP contribution is 2.29. The summed E-state index contributed by atoms with van der Waals surface area (Å²) in [6.45, 7) is 0. The van der Waals surface area contributed by atoms with Gasteiger partial charge in [-0.15, -0.1) is 23.5 Å². The first-order chi connectivity index (χ1) is 10.1. The lowest BCUT2D eigenvalue weighted by Crippen LogP contribution is -2.14. The molecule has 0 fully saturated rings. The molecule has 2 rings (SSSR count). The number of amides is 1. The van der Waals surface area contributed by atoms with Gasteiger partial charge in [-0.25, -0.2) is 0 Å². The second kappa shape index (κ2) is 7.64. The summed E-state index contributed by atoms with van der Waals surface area (Å²) in [4.78, 5) is 13.9. The second-order valence-corrected chi connectivity index (χ2v) is 6.50. The molecule has 1 amide bonds. The van der Waals surface area contributed by atoms with E-state index in [9.17, 15) is 4.79 Å². The summed E-state index contributed by atoms with van der Waals surface area (Å²) in [7, 11) is 0. The van der Waals surface area contributed by atoms with Crippen LogP contribution < -0.4 is 11.1 Å². The molecule has 0 radical (unpaired) electrons. The topological polar surface area (TPSA) is 55.1 Å². The molecule has 0 saturated heterocycles. The van der Waals surface area contributed by atoms with Crippen LogP contribution in [-0.2, 0) is 4.79 Å². The fourth-order valence-corrected chi connectivity index (χ4v) is 3.33. The lowest BCUT2D eigenvalue weighted by molar-refractivity contribution is -0.113. The zero-order valence-electron chi connectivity index (χ0n) is 11.4. The Bertz CT molecular complexity index is 649. The summed E-state index contributed by atoms with van der Waals surface area (Å²) < 4.78 is 0. The normalized spacial score (nSPS) is 10.4. The number of nitrogens with one attached hydrogen (secondary N) is 1. The number of rotatable bonds is 5. The van der Waals surface area contributed by atoms with Crippen LogP contribution in [0, 0.1) is 0 Å². The van der Waals surface area contributed by atoms with Crippen LogP contribution in [0.2, 0.25) is 5.02 Å². The number of benzene rings is 2. The lowest BCUT2D eigenvalue weighted by Gasteiger charge is -2.09. The molecule has 3 nitrogen and oxygen atoms in total. The maximum absolute atomic E-state index is 12.0. The highest BCUT2D eigenvalue weighted by Gasteiger charge is 2.08. The van der Waals surface area contributed by atoms with Gasteiger partial charge in [0.25, 0.3) is 0 Å². The van der Waals surface area contributed by atoms with Crippen LogP contribution >= 0.6 is 35.1 Å². The minimum Gasteiger partial charge on any atom is -0.399 e. The third kappa shape index (κ3) is 4.59. The number of para-hydroxylation sites is 1. The van der Waals surface area contributed by atoms with Gasteiger partial charge in [-0.05, 0) is 36.6 Å². The van der Waals surface area contributed by atoms with Crippen molar-refractivity contribution in [2.45, 2.75) is 9.79 Å². The van der Waals surface area contributed by atoms with Gasteiger partial charge < -0.3 is 11.1 Å². The fraction of sp³-hybridized carbons (Fsp3) is 0.133. The van der Waals surface area contributed by atoms with Crippen molar-refractivity contribution in [3.05, 3.63) is 47.5 Å². The summed E-state index contributed by atoms with van der Waals surface area (Å²) in [6.07, 6.45) is 1.98. The van der Waals surface area contributed by atoms with Crippen molar-refractivity contribution < 1.29 is 4.79 Å². The number of carbonyl (C=O) groups is 1. The predicted octanol–water partition coefficient (Wildman–Crippen LogP) is 4.37. The largest absolute Gasteiger partial charge is 0.399 e. The summed E-state index contributed by atoms with van der Waals surface area (Å²) in [5.74, 6) is 0.214. The summed E-state index contributed by atoms with van der Waals surface area (Å²) >= 11 is 9.04. The summed E-state index contributed by atoms with van der Waals surface area (Å²) in [5, 5.41) is 3.51. The summed E-state index contributed by atoms with van der Waals surface area (Å²) in [6, 6.07) is 13.0. The number of anilines is 2. The van der Waals surface area contributed by atoms with Gasteiger partial charge in [0.2, 0.25) is 5.91 Å². The Labute approximate surface area is 137 Å². The van der Waals surface area contributed by atoms with Crippen LogP contribution in [0.25, 0.3) is 0 Å².